The van der Waals surface area contributed by atoms with Crippen LogP contribution in [0.2, 0.25) is 0 Å². The molecule has 138 valence electrons. The smallest absolute Gasteiger partial charge is 0.0512 e. The van der Waals surface area contributed by atoms with E-state index in [4.69, 9.17) is 0 Å². The van der Waals surface area contributed by atoms with E-state index in [1.165, 1.54) is 40.1 Å². The van der Waals surface area contributed by atoms with E-state index < -0.39 is 0 Å². The van der Waals surface area contributed by atoms with Crippen LogP contribution in [0.4, 0.5) is 0 Å². The number of hydrogen-bond donors (Lipinski definition) is 0. The van der Waals surface area contributed by atoms with Crippen LogP contribution in [0.15, 0.2) is 97.1 Å². The van der Waals surface area contributed by atoms with Crippen molar-refractivity contribution in [3.05, 3.63) is 125 Å². The molecule has 3 aromatic rings. The Morgan fingerprint density at radius 2 is 1.46 bits per heavy atom. The number of allylic oxidation sites excluding steroid dienone is 4. The van der Waals surface area contributed by atoms with Gasteiger partial charge in [-0.25, -0.2) is 18.2 Å². The van der Waals surface area contributed by atoms with Crippen LogP contribution in [-0.4, -0.2) is 3.26 Å². The zero-order valence-electron chi connectivity index (χ0n) is 16.3. The molecule has 0 spiro atoms. The van der Waals surface area contributed by atoms with Crippen molar-refractivity contribution < 1.29 is 23.9 Å². The Bertz CT molecular complexity index is 826. The molecule has 0 nitrogen and oxygen atoms in total. The van der Waals surface area contributed by atoms with E-state index in [0.717, 1.165) is 30.3 Å². The maximum Gasteiger partial charge on any atom is -0.0512 e. The molecule has 0 unspecified atom stereocenters. The van der Waals surface area contributed by atoms with Gasteiger partial charge in [0.1, 0.15) is 0 Å². The largest absolute Gasteiger partial charge is 0.210 e. The molecular weight excluding hydrogens is 503 g/mol. The molecule has 0 atom stereocenters. The van der Waals surface area contributed by atoms with Crippen LogP contribution >= 0.6 is 0 Å². The van der Waals surface area contributed by atoms with E-state index in [1.807, 2.05) is 12.2 Å². The van der Waals surface area contributed by atoms with E-state index in [0.29, 0.717) is 0 Å². The van der Waals surface area contributed by atoms with Crippen LogP contribution in [0.3, 0.4) is 0 Å². The van der Waals surface area contributed by atoms with E-state index in [-0.39, 0.29) is 0 Å². The average molecular weight is 529 g/mol. The van der Waals surface area contributed by atoms with Crippen LogP contribution in [0.1, 0.15) is 41.5 Å². The molecule has 0 saturated heterocycles. The Hall–Kier alpha value is -1.99. The third-order valence-corrected chi connectivity index (χ3v) is 6.93. The Labute approximate surface area is 184 Å². The fourth-order valence-electron chi connectivity index (χ4n) is 3.33. The van der Waals surface area contributed by atoms with Crippen molar-refractivity contribution in [2.45, 2.75) is 32.1 Å². The summed E-state index contributed by atoms with van der Waals surface area (Å²) < 4.78 is 1.46. The first-order valence-electron chi connectivity index (χ1n) is 9.99. The van der Waals surface area contributed by atoms with Gasteiger partial charge in [0, 0.05) is 0 Å². The first-order chi connectivity index (χ1) is 13.8. The van der Waals surface area contributed by atoms with Crippen LogP contribution < -0.4 is 0 Å². The Morgan fingerprint density at radius 3 is 1.96 bits per heavy atom. The van der Waals surface area contributed by atoms with Crippen LogP contribution in [0, 0.1) is 6.08 Å². The Balaban J connectivity index is 0.000000136. The van der Waals surface area contributed by atoms with E-state index in [2.05, 4.69) is 91.0 Å². The topological polar surface area (TPSA) is 0 Å². The number of hydrogen-bond acceptors (Lipinski definition) is 0. The minimum absolute atomic E-state index is 1.01. The first-order valence-corrected chi connectivity index (χ1v) is 11.8. The maximum atomic E-state index is 2.99. The summed E-state index contributed by atoms with van der Waals surface area (Å²) >= 11 is 1.08. The van der Waals surface area contributed by atoms with E-state index in [9.17, 15) is 0 Å². The van der Waals surface area contributed by atoms with Crippen molar-refractivity contribution in [3.8, 4) is 0 Å². The molecule has 0 heterocycles. The van der Waals surface area contributed by atoms with Gasteiger partial charge in [0.15, 0.2) is 0 Å². The van der Waals surface area contributed by atoms with Crippen molar-refractivity contribution in [1.82, 2.24) is 0 Å². The summed E-state index contributed by atoms with van der Waals surface area (Å²) in [4.78, 5) is 0. The second-order valence-electron chi connectivity index (χ2n) is 6.89. The minimum atomic E-state index is 1.01. The van der Waals surface area contributed by atoms with Gasteiger partial charge in [-0.15, -0.1) is 6.42 Å². The summed E-state index contributed by atoms with van der Waals surface area (Å²) in [6, 6.07) is 27.9. The van der Waals surface area contributed by atoms with Crippen LogP contribution in [0.25, 0.3) is 0 Å². The van der Waals surface area contributed by atoms with Gasteiger partial charge in [0.25, 0.3) is 0 Å². The molecule has 2 aliphatic rings. The van der Waals surface area contributed by atoms with Gasteiger partial charge in [-0.2, -0.15) is 29.3 Å². The summed E-state index contributed by atoms with van der Waals surface area (Å²) in [6.07, 6.45) is 15.4. The van der Waals surface area contributed by atoms with Crippen molar-refractivity contribution in [3.63, 3.8) is 0 Å². The van der Waals surface area contributed by atoms with E-state index in [1.54, 1.807) is 11.1 Å². The molecule has 0 N–H and O–H groups in total. The zero-order chi connectivity index (χ0) is 19.4. The van der Waals surface area contributed by atoms with E-state index >= 15 is 0 Å². The molecular formula is C27H26Hf. The summed E-state index contributed by atoms with van der Waals surface area (Å²) in [5, 5.41) is 0. The second-order valence-corrected chi connectivity index (χ2v) is 8.69. The van der Waals surface area contributed by atoms with Gasteiger partial charge in [-0.05, 0) is 0 Å². The predicted molar refractivity (Wildman–Crippen MR) is 116 cm³/mol. The van der Waals surface area contributed by atoms with Crippen molar-refractivity contribution in [2.75, 3.05) is 0 Å². The first kappa shape index (κ1) is 20.7. The Morgan fingerprint density at radius 1 is 0.821 bits per heavy atom. The fourth-order valence-corrected chi connectivity index (χ4v) is 4.53. The van der Waals surface area contributed by atoms with Crippen molar-refractivity contribution in [1.29, 1.82) is 0 Å². The van der Waals surface area contributed by atoms with Gasteiger partial charge < -0.3 is 0 Å². The zero-order valence-corrected chi connectivity index (χ0v) is 19.9. The monoisotopic (exact) mass is 530 g/mol. The molecule has 0 radical (unpaired) electrons. The number of benzene rings is 2. The quantitative estimate of drug-likeness (QED) is 0.267. The SMILES string of the molecule is [C-]1=CC=CC1.[Hf+2]=[C](c1ccccc1)c1ccccc1.c1cc2c([cH-]1)CCCC2. The molecule has 0 aromatic heterocycles. The molecule has 0 saturated carbocycles. The average Bonchev–Trinajstić information content (AvgIpc) is 3.50. The second kappa shape index (κ2) is 11.8. The molecule has 0 fully saturated rings. The van der Waals surface area contributed by atoms with Crippen molar-refractivity contribution >= 4 is 3.26 Å². The number of aryl methyl sites for hydroxylation is 2. The minimum Gasteiger partial charge on any atom is -0.210 e. The number of fused-ring (bicyclic) bond motifs is 1. The third-order valence-electron chi connectivity index (χ3n) is 4.86. The molecule has 3 aromatic carbocycles. The standard InChI is InChI=1S/C13H10.C9H11.C5H5.Hf/c1-3-7-12(8-4-1)11-13-9-5-2-6-10-13;1-2-5-9-7-3-6-8(9)4-1;1-2-4-5-3-1;/h1-10H;3,6-7H,1-2,4-5H2;1-3H,4H2;/q;2*-1;+2. The predicted octanol–water partition coefficient (Wildman–Crippen LogP) is 6.39. The van der Waals surface area contributed by atoms with Gasteiger partial charge >= 0.3 is 98.9 Å². The van der Waals surface area contributed by atoms with Gasteiger partial charge in [-0.1, -0.05) is 25.7 Å². The summed E-state index contributed by atoms with van der Waals surface area (Å²) in [7, 11) is 0. The molecule has 28 heavy (non-hydrogen) atoms. The Kier molecular flexibility index (Phi) is 8.71. The van der Waals surface area contributed by atoms with Gasteiger partial charge in [0.2, 0.25) is 0 Å². The summed E-state index contributed by atoms with van der Waals surface area (Å²) in [5.74, 6) is 0. The fraction of sp³-hybridized carbons (Fsp3) is 0.185. The maximum absolute atomic E-state index is 2.99. The summed E-state index contributed by atoms with van der Waals surface area (Å²) in [6.45, 7) is 0. The molecule has 0 amide bonds. The molecule has 5 rings (SSSR count). The normalized spacial score (nSPS) is 13.6. The molecule has 0 bridgehead atoms. The third kappa shape index (κ3) is 6.56. The van der Waals surface area contributed by atoms with Gasteiger partial charge in [0.05, 0.1) is 0 Å². The number of rotatable bonds is 2. The van der Waals surface area contributed by atoms with Gasteiger partial charge in [-0.3, -0.25) is 6.08 Å². The van der Waals surface area contributed by atoms with Crippen LogP contribution in [0.5, 0.6) is 0 Å². The van der Waals surface area contributed by atoms with Crippen molar-refractivity contribution in [2.24, 2.45) is 0 Å². The molecule has 1 heteroatoms. The summed E-state index contributed by atoms with van der Waals surface area (Å²) in [5.41, 5.74) is 5.90. The molecule has 2 aliphatic carbocycles. The van der Waals surface area contributed by atoms with Crippen LogP contribution in [-0.2, 0) is 36.7 Å². The molecule has 0 aliphatic heterocycles.